The lowest BCUT2D eigenvalue weighted by Gasteiger charge is -2.43. The van der Waals surface area contributed by atoms with E-state index in [1.807, 2.05) is 0 Å². The second-order valence-electron chi connectivity index (χ2n) is 12.6. The molecule has 0 aromatic carbocycles. The molecule has 64 heavy (non-hydrogen) atoms. The Hall–Kier alpha value is -2.31. The van der Waals surface area contributed by atoms with E-state index in [9.17, 15) is 149 Å². The van der Waals surface area contributed by atoms with E-state index in [0.29, 0.717) is 0 Å². The van der Waals surface area contributed by atoms with Gasteiger partial charge in [-0.3, -0.25) is 0 Å². The van der Waals surface area contributed by atoms with Gasteiger partial charge in [-0.2, -0.15) is 149 Å². The van der Waals surface area contributed by atoms with Crippen molar-refractivity contribution in [2.75, 3.05) is 13.1 Å². The summed E-state index contributed by atoms with van der Waals surface area (Å²) in [6, 6.07) is 0. The van der Waals surface area contributed by atoms with Gasteiger partial charge in [0.2, 0.25) is 0 Å². The number of nitrogens with one attached hydrogen (secondary N) is 1. The first-order valence-electron chi connectivity index (χ1n) is 15.1. The summed E-state index contributed by atoms with van der Waals surface area (Å²) in [7, 11) is -4.64. The quantitative estimate of drug-likeness (QED) is 0.0679. The molecule has 0 rings (SSSR count). The van der Waals surface area contributed by atoms with Crippen molar-refractivity contribution in [3.63, 3.8) is 0 Å². The van der Waals surface area contributed by atoms with Gasteiger partial charge in [0.15, 0.2) is 0 Å². The molecule has 40 heteroatoms. The standard InChI is InChI=1S/C24H17F34N.H3O4P/c1-2-59-7-8(3-5-9(25,26)11(29,30)13(33,34)15(37,38)17(41,42)19(45,46)21(49,50)23(53,54)55)4-6-10(27,28)12(31,32)14(35,36)16(39,40)18(43,44)20(47,48)22(51,52)24(56,57)58;1-5(2,3)4/h8,59H,2-7H2,1H3;(H3,1,2,3,4). The monoisotopic (exact) mass is 1060 g/mol. The van der Waals surface area contributed by atoms with Crippen LogP contribution in [0.3, 0.4) is 0 Å². The second-order valence-corrected chi connectivity index (χ2v) is 13.6. The molecule has 0 aliphatic rings. The summed E-state index contributed by atoms with van der Waals surface area (Å²) < 4.78 is 466. The van der Waals surface area contributed by atoms with Gasteiger partial charge in [0, 0.05) is 12.8 Å². The Morgan fingerprint density at radius 1 is 0.359 bits per heavy atom. The highest BCUT2D eigenvalue weighted by molar-refractivity contribution is 7.45. The minimum atomic E-state index is -9.08. The highest BCUT2D eigenvalue weighted by atomic mass is 31.2. The third kappa shape index (κ3) is 10.5. The molecule has 0 aliphatic heterocycles. The van der Waals surface area contributed by atoms with Crippen LogP contribution in [0.1, 0.15) is 32.6 Å². The summed E-state index contributed by atoms with van der Waals surface area (Å²) >= 11 is 0. The maximum Gasteiger partial charge on any atom is 0.466 e. The molecule has 0 fully saturated rings. The Balaban J connectivity index is 0. The van der Waals surface area contributed by atoms with Crippen molar-refractivity contribution in [3.05, 3.63) is 0 Å². The summed E-state index contributed by atoms with van der Waals surface area (Å²) in [5, 5.41) is 1.74. The van der Waals surface area contributed by atoms with Gasteiger partial charge in [0.25, 0.3) is 0 Å². The van der Waals surface area contributed by atoms with E-state index in [1.165, 1.54) is 0 Å². The van der Waals surface area contributed by atoms with Gasteiger partial charge in [-0.15, -0.1) is 0 Å². The first kappa shape index (κ1) is 63.8. The Morgan fingerprint density at radius 2 is 0.531 bits per heavy atom. The molecule has 0 bridgehead atoms. The van der Waals surface area contributed by atoms with E-state index < -0.39 is 148 Å². The van der Waals surface area contributed by atoms with E-state index in [1.54, 1.807) is 5.32 Å². The van der Waals surface area contributed by atoms with Gasteiger partial charge in [-0.05, 0) is 31.8 Å². The van der Waals surface area contributed by atoms with Crippen molar-refractivity contribution in [2.45, 2.75) is 128 Å². The van der Waals surface area contributed by atoms with Crippen molar-refractivity contribution < 1.29 is 169 Å². The van der Waals surface area contributed by atoms with Gasteiger partial charge >= 0.3 is 103 Å². The fraction of sp³-hybridized carbons (Fsp3) is 1.00. The minimum Gasteiger partial charge on any atom is -0.317 e. The zero-order valence-corrected chi connectivity index (χ0v) is 30.3. The summed E-state index contributed by atoms with van der Waals surface area (Å²) in [4.78, 5) is 21.6. The molecule has 0 aromatic rings. The number of halogens is 34. The normalized spacial score (nSPS) is 16.3. The number of alkyl halides is 34. The van der Waals surface area contributed by atoms with E-state index in [0.717, 1.165) is 6.92 Å². The van der Waals surface area contributed by atoms with Crippen LogP contribution >= 0.6 is 7.82 Å². The van der Waals surface area contributed by atoms with E-state index in [2.05, 4.69) is 0 Å². The number of rotatable bonds is 21. The van der Waals surface area contributed by atoms with Gasteiger partial charge in [0.05, 0.1) is 0 Å². The van der Waals surface area contributed by atoms with Crippen LogP contribution in [0.5, 0.6) is 0 Å². The van der Waals surface area contributed by atoms with Crippen LogP contribution in [0.15, 0.2) is 0 Å². The van der Waals surface area contributed by atoms with Gasteiger partial charge < -0.3 is 20.0 Å². The molecule has 4 N–H and O–H groups in total. The fourth-order valence-corrected chi connectivity index (χ4v) is 4.17. The lowest BCUT2D eigenvalue weighted by molar-refractivity contribution is -0.462. The lowest BCUT2D eigenvalue weighted by atomic mass is 9.85. The van der Waals surface area contributed by atoms with Gasteiger partial charge in [-0.25, -0.2) is 4.57 Å². The van der Waals surface area contributed by atoms with Crippen molar-refractivity contribution in [3.8, 4) is 0 Å². The molecule has 0 amide bonds. The Kier molecular flexibility index (Phi) is 17.9. The maximum atomic E-state index is 14.3. The number of hydrogen-bond acceptors (Lipinski definition) is 2. The highest BCUT2D eigenvalue weighted by Gasteiger charge is 2.97. The smallest absolute Gasteiger partial charge is 0.317 e. The van der Waals surface area contributed by atoms with Crippen LogP contribution in [-0.4, -0.2) is 123 Å². The topological polar surface area (TPSA) is 89.8 Å². The van der Waals surface area contributed by atoms with Crippen LogP contribution in [0.4, 0.5) is 149 Å². The predicted octanol–water partition coefficient (Wildman–Crippen LogP) is 11.9. The largest absolute Gasteiger partial charge is 0.466 e. The zero-order valence-electron chi connectivity index (χ0n) is 29.4. The second kappa shape index (κ2) is 18.0. The van der Waals surface area contributed by atoms with E-state index in [4.69, 9.17) is 19.2 Å². The summed E-state index contributed by atoms with van der Waals surface area (Å²) in [6.07, 6.45) is -28.1. The molecule has 0 aromatic heterocycles. The average Bonchev–Trinajstić information content (AvgIpc) is 3.04. The minimum absolute atomic E-state index is 0.665. The predicted molar refractivity (Wildman–Crippen MR) is 136 cm³/mol. The summed E-state index contributed by atoms with van der Waals surface area (Å²) in [5.41, 5.74) is 0. The average molecular weight is 1060 g/mol. The molecule has 5 nitrogen and oxygen atoms in total. The lowest BCUT2D eigenvalue weighted by Crippen LogP contribution is -2.74. The Morgan fingerprint density at radius 3 is 0.703 bits per heavy atom. The molecule has 0 spiro atoms. The highest BCUT2D eigenvalue weighted by Crippen LogP contribution is 2.66. The molecule has 0 heterocycles. The van der Waals surface area contributed by atoms with E-state index >= 15 is 0 Å². The van der Waals surface area contributed by atoms with Crippen LogP contribution in [0, 0.1) is 5.92 Å². The maximum absolute atomic E-state index is 14.3. The SMILES string of the molecule is CCNCC(CCC(F)(F)C(F)(F)C(F)(F)C(F)(F)C(F)(F)C(F)(F)C(F)(F)C(F)(F)F)CCC(F)(F)C(F)(F)C(F)(F)C(F)(F)C(F)(F)C(F)(F)C(F)(F)C(F)(F)F.O=P(O)(O)O. The first-order chi connectivity index (χ1) is 27.1. The Labute approximate surface area is 329 Å². The number of phosphoric acid groups is 1. The third-order valence-electron chi connectivity index (χ3n) is 7.99. The molecule has 0 saturated heterocycles. The molecular formula is C24H20F34NO4P. The number of hydrogen-bond donors (Lipinski definition) is 4. The van der Waals surface area contributed by atoms with Gasteiger partial charge in [-0.1, -0.05) is 6.92 Å². The zero-order chi connectivity index (χ0) is 53.0. The molecule has 0 atom stereocenters. The van der Waals surface area contributed by atoms with E-state index in [-0.39, 0.29) is 0 Å². The molecule has 0 radical (unpaired) electrons. The van der Waals surface area contributed by atoms with Crippen molar-refractivity contribution in [2.24, 2.45) is 5.92 Å². The van der Waals surface area contributed by atoms with Crippen LogP contribution in [0.2, 0.25) is 0 Å². The van der Waals surface area contributed by atoms with Crippen molar-refractivity contribution in [1.82, 2.24) is 5.32 Å². The van der Waals surface area contributed by atoms with Crippen molar-refractivity contribution >= 4 is 7.82 Å². The molecule has 0 aliphatic carbocycles. The molecule has 0 saturated carbocycles. The van der Waals surface area contributed by atoms with Crippen LogP contribution in [-0.2, 0) is 4.57 Å². The summed E-state index contributed by atoms with van der Waals surface area (Å²) in [6.45, 7) is -1.33. The van der Waals surface area contributed by atoms with Crippen molar-refractivity contribution in [1.29, 1.82) is 0 Å². The Bertz CT molecular complexity index is 1490. The molecular weight excluding hydrogens is 1040 g/mol. The molecule has 388 valence electrons. The summed E-state index contributed by atoms with van der Waals surface area (Å²) in [5.74, 6) is -123. The fourth-order valence-electron chi connectivity index (χ4n) is 4.17. The first-order valence-corrected chi connectivity index (χ1v) is 16.6. The third-order valence-corrected chi connectivity index (χ3v) is 7.99. The van der Waals surface area contributed by atoms with Crippen LogP contribution < -0.4 is 5.32 Å². The van der Waals surface area contributed by atoms with Crippen LogP contribution in [0.25, 0.3) is 0 Å². The van der Waals surface area contributed by atoms with Gasteiger partial charge in [0.1, 0.15) is 0 Å². The molecule has 0 unspecified atom stereocenters.